The molecule has 2 heterocycles. The number of carbonyl (C=O) groups is 1. The smallest absolute Gasteiger partial charge is 0.344 e. The predicted molar refractivity (Wildman–Crippen MR) is 109 cm³/mol. The van der Waals surface area contributed by atoms with Gasteiger partial charge in [-0.25, -0.2) is 4.79 Å². The second-order valence-corrected chi connectivity index (χ2v) is 7.68. The van der Waals surface area contributed by atoms with E-state index in [-0.39, 0.29) is 17.4 Å². The molecular weight excluding hydrogens is 368 g/mol. The van der Waals surface area contributed by atoms with E-state index in [2.05, 4.69) is 35.1 Å². The molecule has 0 bridgehead atoms. The highest BCUT2D eigenvalue weighted by Gasteiger charge is 2.49. The third kappa shape index (κ3) is 3.49. The fourth-order valence-corrected chi connectivity index (χ4v) is 4.62. The summed E-state index contributed by atoms with van der Waals surface area (Å²) >= 11 is 0. The number of esters is 1. The van der Waals surface area contributed by atoms with E-state index in [1.807, 2.05) is 6.07 Å². The maximum atomic E-state index is 12.4. The van der Waals surface area contributed by atoms with Crippen LogP contribution in [-0.2, 0) is 10.2 Å². The number of likely N-dealkylation sites (N-methyl/N-ethyl adjacent to an activating group) is 1. The molecule has 0 N–H and O–H groups in total. The molecular formula is C23H26N2O4. The summed E-state index contributed by atoms with van der Waals surface area (Å²) in [6, 6.07) is 9.90. The summed E-state index contributed by atoms with van der Waals surface area (Å²) in [6.07, 6.45) is 7.79. The van der Waals surface area contributed by atoms with Crippen molar-refractivity contribution in [1.29, 1.82) is 0 Å². The van der Waals surface area contributed by atoms with Gasteiger partial charge in [-0.15, -0.1) is 0 Å². The minimum absolute atomic E-state index is 0.0293. The largest absolute Gasteiger partial charge is 0.493 e. The highest BCUT2D eigenvalue weighted by Crippen LogP contribution is 2.49. The van der Waals surface area contributed by atoms with E-state index in [1.165, 1.54) is 11.8 Å². The number of benzene rings is 1. The zero-order chi connectivity index (χ0) is 20.4. The first-order chi connectivity index (χ1) is 14.1. The van der Waals surface area contributed by atoms with Gasteiger partial charge in [-0.1, -0.05) is 6.07 Å². The van der Waals surface area contributed by atoms with Crippen molar-refractivity contribution in [2.24, 2.45) is 0 Å². The minimum atomic E-state index is -0.358. The van der Waals surface area contributed by atoms with E-state index in [1.54, 1.807) is 32.5 Å². The first-order valence-electron chi connectivity index (χ1n) is 9.81. The predicted octanol–water partition coefficient (Wildman–Crippen LogP) is 3.58. The van der Waals surface area contributed by atoms with Gasteiger partial charge in [0.25, 0.3) is 0 Å². The van der Waals surface area contributed by atoms with Gasteiger partial charge < -0.3 is 19.1 Å². The van der Waals surface area contributed by atoms with Crippen LogP contribution in [0.25, 0.3) is 0 Å². The average molecular weight is 394 g/mol. The Kier molecular flexibility index (Phi) is 5.28. The number of nitrogens with zero attached hydrogens (tertiary/aromatic N) is 2. The summed E-state index contributed by atoms with van der Waals surface area (Å²) in [5.74, 6) is 1.84. The summed E-state index contributed by atoms with van der Waals surface area (Å²) in [4.78, 5) is 18.8. The van der Waals surface area contributed by atoms with Crippen molar-refractivity contribution in [2.45, 2.75) is 30.7 Å². The zero-order valence-electron chi connectivity index (χ0n) is 17.1. The van der Waals surface area contributed by atoms with E-state index in [4.69, 9.17) is 14.2 Å². The molecule has 1 aromatic carbocycles. The van der Waals surface area contributed by atoms with Gasteiger partial charge in [-0.3, -0.25) is 4.98 Å². The van der Waals surface area contributed by atoms with Gasteiger partial charge in [0, 0.05) is 30.3 Å². The van der Waals surface area contributed by atoms with E-state index < -0.39 is 0 Å². The lowest BCUT2D eigenvalue weighted by Gasteiger charge is -2.40. The van der Waals surface area contributed by atoms with Gasteiger partial charge >= 0.3 is 5.97 Å². The molecule has 1 aliphatic carbocycles. The number of fused-ring (bicyclic) bond motifs is 1. The third-order valence-electron chi connectivity index (χ3n) is 6.25. The normalized spacial score (nSPS) is 23.8. The quantitative estimate of drug-likeness (QED) is 0.723. The van der Waals surface area contributed by atoms with Crippen LogP contribution in [0.15, 0.2) is 54.6 Å². The average Bonchev–Trinajstić information content (AvgIpc) is 3.11. The standard InChI is InChI=1S/C23H26N2O4/c1-25-12-10-23(17-6-7-19(27-2)20(13-17)28-3)9-8-18(14-21(23)25)29-22(26)16-5-4-11-24-15-16/h4-8,11,13,15,21H,9-10,12,14H2,1-3H3/t21-,23-/m0/s1. The van der Waals surface area contributed by atoms with Crippen LogP contribution in [0.3, 0.4) is 0 Å². The van der Waals surface area contributed by atoms with Crippen LogP contribution in [0, 0.1) is 0 Å². The van der Waals surface area contributed by atoms with Crippen LogP contribution in [0.5, 0.6) is 11.5 Å². The second-order valence-electron chi connectivity index (χ2n) is 7.68. The molecule has 0 radical (unpaired) electrons. The number of methoxy groups -OCH3 is 2. The Labute approximate surface area is 171 Å². The Morgan fingerprint density at radius 1 is 1.21 bits per heavy atom. The van der Waals surface area contributed by atoms with Crippen molar-refractivity contribution in [3.63, 3.8) is 0 Å². The van der Waals surface area contributed by atoms with Crippen molar-refractivity contribution in [3.8, 4) is 11.5 Å². The van der Waals surface area contributed by atoms with E-state index in [9.17, 15) is 4.79 Å². The molecule has 2 atom stereocenters. The Bertz CT molecular complexity index is 928. The summed E-state index contributed by atoms with van der Waals surface area (Å²) in [5.41, 5.74) is 1.67. The number of aromatic nitrogens is 1. The molecule has 0 unspecified atom stereocenters. The molecule has 29 heavy (non-hydrogen) atoms. The van der Waals surface area contributed by atoms with Crippen LogP contribution in [0.1, 0.15) is 35.2 Å². The fraction of sp³-hybridized carbons (Fsp3) is 0.391. The Morgan fingerprint density at radius 3 is 2.76 bits per heavy atom. The first-order valence-corrected chi connectivity index (χ1v) is 9.81. The Balaban J connectivity index is 1.61. The van der Waals surface area contributed by atoms with Gasteiger partial charge in [0.2, 0.25) is 0 Å². The van der Waals surface area contributed by atoms with Crippen LogP contribution >= 0.6 is 0 Å². The molecule has 6 heteroatoms. The molecule has 0 spiro atoms. The number of likely N-dealkylation sites (tertiary alicyclic amines) is 1. The summed E-state index contributed by atoms with van der Waals surface area (Å²) in [7, 11) is 5.45. The van der Waals surface area contributed by atoms with Crippen molar-refractivity contribution in [3.05, 3.63) is 65.7 Å². The molecule has 4 rings (SSSR count). The number of rotatable bonds is 5. The van der Waals surface area contributed by atoms with Crippen molar-refractivity contribution >= 4 is 5.97 Å². The maximum absolute atomic E-state index is 12.4. The van der Waals surface area contributed by atoms with Crippen LogP contribution in [0.4, 0.5) is 0 Å². The first kappa shape index (κ1) is 19.5. The highest BCUT2D eigenvalue weighted by molar-refractivity contribution is 5.89. The molecule has 152 valence electrons. The number of pyridine rings is 1. The second kappa shape index (κ2) is 7.87. The zero-order valence-corrected chi connectivity index (χ0v) is 17.1. The molecule has 1 aromatic heterocycles. The highest BCUT2D eigenvalue weighted by atomic mass is 16.5. The van der Waals surface area contributed by atoms with E-state index in [0.717, 1.165) is 36.6 Å². The molecule has 0 amide bonds. The molecule has 2 aliphatic rings. The third-order valence-corrected chi connectivity index (χ3v) is 6.25. The Hall–Kier alpha value is -2.86. The summed E-state index contributed by atoms with van der Waals surface area (Å²) < 4.78 is 16.6. The Morgan fingerprint density at radius 2 is 2.03 bits per heavy atom. The van der Waals surface area contributed by atoms with Gasteiger partial charge in [0.15, 0.2) is 11.5 Å². The van der Waals surface area contributed by atoms with Crippen LogP contribution in [-0.4, -0.2) is 49.7 Å². The van der Waals surface area contributed by atoms with Gasteiger partial charge in [-0.2, -0.15) is 0 Å². The SMILES string of the molecule is COc1ccc([C@@]23CC=C(OC(=O)c4cccnc4)C[C@@H]2N(C)CC3)cc1OC. The van der Waals surface area contributed by atoms with Crippen molar-refractivity contribution in [1.82, 2.24) is 9.88 Å². The van der Waals surface area contributed by atoms with Crippen molar-refractivity contribution < 1.29 is 19.0 Å². The van der Waals surface area contributed by atoms with Crippen molar-refractivity contribution in [2.75, 3.05) is 27.8 Å². The lowest BCUT2D eigenvalue weighted by Crippen LogP contribution is -2.43. The number of ether oxygens (including phenoxy) is 3. The molecule has 1 saturated heterocycles. The fourth-order valence-electron chi connectivity index (χ4n) is 4.62. The van der Waals surface area contributed by atoms with Gasteiger partial charge in [-0.05, 0) is 62.3 Å². The molecule has 6 nitrogen and oxygen atoms in total. The number of carbonyl (C=O) groups excluding carboxylic acids is 1. The van der Waals surface area contributed by atoms with Gasteiger partial charge in [0.05, 0.1) is 19.8 Å². The molecule has 2 aromatic rings. The molecule has 0 saturated carbocycles. The summed E-state index contributed by atoms with van der Waals surface area (Å²) in [5, 5.41) is 0. The lowest BCUT2D eigenvalue weighted by molar-refractivity contribution is 0.0579. The molecule has 1 fully saturated rings. The number of allylic oxidation sites excluding steroid dienone is 1. The maximum Gasteiger partial charge on any atom is 0.344 e. The number of hydrogen-bond donors (Lipinski definition) is 0. The van der Waals surface area contributed by atoms with E-state index >= 15 is 0 Å². The van der Waals surface area contributed by atoms with Gasteiger partial charge in [0.1, 0.15) is 5.76 Å². The topological polar surface area (TPSA) is 60.9 Å². The monoisotopic (exact) mass is 394 g/mol. The minimum Gasteiger partial charge on any atom is -0.493 e. The van der Waals surface area contributed by atoms with E-state index in [0.29, 0.717) is 12.0 Å². The summed E-state index contributed by atoms with van der Waals surface area (Å²) in [6.45, 7) is 0.997. The molecule has 1 aliphatic heterocycles. The lowest BCUT2D eigenvalue weighted by atomic mass is 9.68. The van der Waals surface area contributed by atoms with Crippen LogP contribution in [0.2, 0.25) is 0 Å². The number of hydrogen-bond acceptors (Lipinski definition) is 6. The van der Waals surface area contributed by atoms with Crippen LogP contribution < -0.4 is 9.47 Å².